The Morgan fingerprint density at radius 1 is 0.345 bits per heavy atom. The minimum atomic E-state index is -2.47. The SMILES string of the molecule is CC(C)(C)c1ccc(-c2ccc(CN3CCC(F)(F)CC3)s2)cc1.CC(C)(C)c1ccc(-c2ccc(CN3CCC(F)CC3)s2)cc1.CC(C)(C)c1ccc(-c2ccc(CN3CCOCC3)s2)cc1.CN1CCN(c2nc(-c3ccc(C(C)(C)C)cc3)cs2)CC1.COCCN1CCN(c2nc(-c3ccc(C(C)(C)C)cc3)cs2)CC1.Cc1sc(N2CCN(C)CC2)nc1-c1ccc(C(C)(C)C)cc1. The number of likely N-dealkylation sites (N-methyl/N-ethyl adjacent to an activating group) is 2. The molecule has 6 fully saturated rings. The van der Waals surface area contributed by atoms with Crippen LogP contribution in [0, 0.1) is 6.92 Å². The van der Waals surface area contributed by atoms with Crippen molar-refractivity contribution in [3.8, 4) is 65.1 Å². The summed E-state index contributed by atoms with van der Waals surface area (Å²) in [4.78, 5) is 45.4. The molecule has 6 aromatic carbocycles. The number of nitrogens with zero attached hydrogens (tertiary/aromatic N) is 12. The Labute approximate surface area is 856 Å². The van der Waals surface area contributed by atoms with Crippen LogP contribution in [0.3, 0.4) is 0 Å². The van der Waals surface area contributed by atoms with Gasteiger partial charge in [0.15, 0.2) is 15.4 Å². The van der Waals surface area contributed by atoms with Crippen LogP contribution in [0.25, 0.3) is 65.1 Å². The summed E-state index contributed by atoms with van der Waals surface area (Å²) in [5.41, 5.74) is 20.2. The highest BCUT2D eigenvalue weighted by Crippen LogP contribution is 2.41. The van der Waals surface area contributed by atoms with Crippen molar-refractivity contribution >= 4 is 83.4 Å². The first-order valence-corrected chi connectivity index (χ1v) is 55.3. The molecule has 0 spiro atoms. The summed E-state index contributed by atoms with van der Waals surface area (Å²) in [6.45, 7) is 66.8. The lowest BCUT2D eigenvalue weighted by Crippen LogP contribution is -2.47. The van der Waals surface area contributed by atoms with E-state index in [1.165, 1.54) is 106 Å². The molecule has 0 unspecified atom stereocenters. The van der Waals surface area contributed by atoms with E-state index in [1.807, 2.05) is 34.0 Å². The number of piperazine rings is 3. The summed E-state index contributed by atoms with van der Waals surface area (Å²) in [6, 6.07) is 66.6. The van der Waals surface area contributed by atoms with Crippen molar-refractivity contribution in [2.45, 2.75) is 221 Å². The molecule has 12 heterocycles. The molecule has 12 aromatic rings. The highest BCUT2D eigenvalue weighted by atomic mass is 32.1. The maximum absolute atomic E-state index is 13.2. The van der Waals surface area contributed by atoms with Crippen LogP contribution in [0.1, 0.15) is 203 Å². The Bertz CT molecular complexity index is 5670. The maximum atomic E-state index is 13.2. The van der Waals surface area contributed by atoms with Gasteiger partial charge in [-0.25, -0.2) is 28.1 Å². The summed E-state index contributed by atoms with van der Waals surface area (Å²) in [5, 5.41) is 7.83. The normalized spacial score (nSPS) is 17.2. The molecule has 23 heteroatoms. The number of thiophene rings is 3. The van der Waals surface area contributed by atoms with E-state index < -0.39 is 12.1 Å². The number of methoxy groups -OCH3 is 1. The summed E-state index contributed by atoms with van der Waals surface area (Å²) < 4.78 is 50.3. The minimum absolute atomic E-state index is 0.0144. The highest BCUT2D eigenvalue weighted by Gasteiger charge is 2.35. The number of anilines is 3. The van der Waals surface area contributed by atoms with E-state index in [0.717, 1.165) is 178 Å². The minimum Gasteiger partial charge on any atom is -0.383 e. The monoisotopic (exact) mass is 2000 g/mol. The van der Waals surface area contributed by atoms with Crippen LogP contribution in [0.4, 0.5) is 28.6 Å². The Balaban J connectivity index is 0.000000141. The third-order valence-electron chi connectivity index (χ3n) is 27.1. The fourth-order valence-corrected chi connectivity index (χ4v) is 23.4. The van der Waals surface area contributed by atoms with Gasteiger partial charge in [0.05, 0.1) is 36.9 Å². The van der Waals surface area contributed by atoms with Gasteiger partial charge in [-0.05, 0) is 153 Å². The average Bonchev–Trinajstić information content (AvgIpc) is 1.67. The first-order valence-electron chi connectivity index (χ1n) is 50.3. The predicted molar refractivity (Wildman–Crippen MR) is 594 cm³/mol. The molecular weight excluding hydrogens is 1840 g/mol. The number of alkyl halides is 3. The number of likely N-dealkylation sites (tertiary alicyclic amines) is 2. The zero-order valence-corrected chi connectivity index (χ0v) is 92.2. The molecule has 0 bridgehead atoms. The van der Waals surface area contributed by atoms with Gasteiger partial charge in [0, 0.05) is 226 Å². The van der Waals surface area contributed by atoms with Gasteiger partial charge in [-0.2, -0.15) is 0 Å². The second-order valence-corrected chi connectivity index (χ2v) is 50.9. The number of benzene rings is 6. The standard InChI is InChI=1S/C20H25F2NS.C20H26FNS.C20H29N3OS.C19H27N3S.C19H25NOS.C18H25N3S/c1-19(2,3)16-6-4-15(5-7-16)18-9-8-17(24-18)14-23-12-10-20(21,22)11-13-23;1-20(2,3)16-6-4-15(5-7-16)19-9-8-18(23-19)14-22-12-10-17(21)11-13-22;1-20(2,3)17-7-5-16(6-8-17)18-15-25-19(21-18)23-11-9-22(10-12-23)13-14-24-4;1-14-17(15-6-8-16(9-7-15)19(2,3)4)20-18(23-14)22-12-10-21(5)11-13-22;1-19(2,3)16-6-4-15(5-7-16)18-9-8-17(22-18)14-20-10-12-21-13-11-20;1-18(2,3)15-7-5-14(6-8-15)16-13-22-17(19-16)21-11-9-20(4)10-12-21/h4-9H,10-14H2,1-3H3;4-9,17H,10-14H2,1-3H3;5-8,15H,9-14H2,1-4H3;6-9H,10-13H2,1-5H3;4-9H,10-14H2,1-3H3;5-8,13H,9-12H2,1-4H3. The third kappa shape index (κ3) is 32.3. The second kappa shape index (κ2) is 48.7. The number of hydrogen-bond acceptors (Lipinski definition) is 20. The van der Waals surface area contributed by atoms with Crippen LogP contribution in [0.5, 0.6) is 0 Å². The van der Waals surface area contributed by atoms with Crippen molar-refractivity contribution in [3.05, 3.63) is 246 Å². The van der Waals surface area contributed by atoms with Crippen molar-refractivity contribution in [1.29, 1.82) is 0 Å². The second-order valence-electron chi connectivity index (χ2n) is 44.6. The molecule has 0 amide bonds. The van der Waals surface area contributed by atoms with E-state index >= 15 is 0 Å². The van der Waals surface area contributed by atoms with E-state index in [0.29, 0.717) is 25.9 Å². The Hall–Kier alpha value is -7.82. The van der Waals surface area contributed by atoms with E-state index in [4.69, 9.17) is 24.4 Å². The van der Waals surface area contributed by atoms with Gasteiger partial charge in [0.2, 0.25) is 0 Å². The Kier molecular flexibility index (Phi) is 38.0. The summed E-state index contributed by atoms with van der Waals surface area (Å²) in [7, 11) is 6.13. The lowest BCUT2D eigenvalue weighted by molar-refractivity contribution is -0.0565. The quantitative estimate of drug-likeness (QED) is 0.0817. The Morgan fingerprint density at radius 3 is 0.978 bits per heavy atom. The van der Waals surface area contributed by atoms with Crippen LogP contribution in [0.15, 0.2) is 193 Å². The Morgan fingerprint density at radius 2 is 0.647 bits per heavy atom. The molecule has 139 heavy (non-hydrogen) atoms. The first-order chi connectivity index (χ1) is 65.9. The number of halogens is 3. The van der Waals surface area contributed by atoms with Gasteiger partial charge in [-0.1, -0.05) is 270 Å². The van der Waals surface area contributed by atoms with Gasteiger partial charge in [0.25, 0.3) is 5.92 Å². The molecule has 6 saturated heterocycles. The van der Waals surface area contributed by atoms with Gasteiger partial charge < -0.3 is 34.0 Å². The maximum Gasteiger partial charge on any atom is 0.250 e. The van der Waals surface area contributed by atoms with Gasteiger partial charge in [-0.15, -0.1) is 68.0 Å². The summed E-state index contributed by atoms with van der Waals surface area (Å²) in [6.07, 6.45) is 0.754. The molecule has 0 atom stereocenters. The number of aromatic nitrogens is 3. The topological polar surface area (TPSA) is 86.3 Å². The lowest BCUT2D eigenvalue weighted by atomic mass is 9.86. The van der Waals surface area contributed by atoms with Gasteiger partial charge >= 0.3 is 0 Å². The molecule has 750 valence electrons. The largest absolute Gasteiger partial charge is 0.383 e. The number of thiazole rings is 3. The molecule has 0 N–H and O–H groups in total. The molecule has 6 aliphatic rings. The highest BCUT2D eigenvalue weighted by molar-refractivity contribution is 7.17. The molecule has 6 aliphatic heterocycles. The number of rotatable bonds is 18. The third-order valence-corrected chi connectivity index (χ3v) is 33.3. The van der Waals surface area contributed by atoms with E-state index in [1.54, 1.807) is 41.1 Å². The van der Waals surface area contributed by atoms with Gasteiger partial charge in [0.1, 0.15) is 6.17 Å². The number of piperidine rings is 2. The molecule has 0 saturated carbocycles. The predicted octanol–water partition coefficient (Wildman–Crippen LogP) is 28.0. The van der Waals surface area contributed by atoms with E-state index in [9.17, 15) is 13.2 Å². The van der Waals surface area contributed by atoms with Crippen LogP contribution >= 0.6 is 68.0 Å². The van der Waals surface area contributed by atoms with Gasteiger partial charge in [-0.3, -0.25) is 19.6 Å². The van der Waals surface area contributed by atoms with Crippen molar-refractivity contribution in [2.24, 2.45) is 0 Å². The number of morpholine rings is 1. The molecule has 14 nitrogen and oxygen atoms in total. The van der Waals surface area contributed by atoms with Crippen molar-refractivity contribution < 1.29 is 22.6 Å². The van der Waals surface area contributed by atoms with E-state index in [2.05, 4.69) is 382 Å². The zero-order chi connectivity index (χ0) is 99.6. The fraction of sp³-hybridized carbons (Fsp3) is 0.509. The summed E-state index contributed by atoms with van der Waals surface area (Å²) >= 11 is 10.9. The lowest BCUT2D eigenvalue weighted by Gasteiger charge is -2.34. The molecular formula is C116H157F3N12O2S6. The first kappa shape index (κ1) is 108. The van der Waals surface area contributed by atoms with Crippen LogP contribution in [-0.4, -0.2) is 222 Å². The van der Waals surface area contributed by atoms with Crippen LogP contribution in [-0.2, 0) is 61.6 Å². The molecule has 6 aromatic heterocycles. The van der Waals surface area contributed by atoms with E-state index in [-0.39, 0.29) is 45.3 Å². The number of ether oxygens (including phenoxy) is 2. The van der Waals surface area contributed by atoms with Crippen molar-refractivity contribution in [2.75, 3.05) is 180 Å². The smallest absolute Gasteiger partial charge is 0.250 e. The zero-order valence-electron chi connectivity index (χ0n) is 87.3. The average molecular weight is 2000 g/mol. The molecule has 0 radical (unpaired) electrons. The number of hydrogen-bond donors (Lipinski definition) is 0. The van der Waals surface area contributed by atoms with Crippen molar-refractivity contribution in [3.63, 3.8) is 0 Å². The van der Waals surface area contributed by atoms with Crippen molar-refractivity contribution in [1.82, 2.24) is 44.4 Å². The molecule has 0 aliphatic carbocycles. The van der Waals surface area contributed by atoms with Crippen LogP contribution < -0.4 is 14.7 Å². The summed E-state index contributed by atoms with van der Waals surface area (Å²) in [5.74, 6) is -2.47. The van der Waals surface area contributed by atoms with Crippen LogP contribution in [0.2, 0.25) is 0 Å². The number of aryl methyl sites for hydroxylation is 1. The molecule has 18 rings (SSSR count). The fourth-order valence-electron chi connectivity index (χ4n) is 17.4.